The third kappa shape index (κ3) is 5.14. The summed E-state index contributed by atoms with van der Waals surface area (Å²) in [5, 5.41) is 0.959. The van der Waals surface area contributed by atoms with E-state index >= 15 is 0 Å². The van der Waals surface area contributed by atoms with Gasteiger partial charge in [0.1, 0.15) is 5.75 Å². The number of rotatable bonds is 7. The number of hydrogen-bond acceptors (Lipinski definition) is 3. The highest BCUT2D eigenvalue weighted by Crippen LogP contribution is 2.20. The van der Waals surface area contributed by atoms with Gasteiger partial charge in [-0.25, -0.2) is 0 Å². The number of amides is 1. The molecule has 0 saturated heterocycles. The zero-order valence-corrected chi connectivity index (χ0v) is 19.2. The molecular formula is C28H28N2O3. The van der Waals surface area contributed by atoms with Crippen molar-refractivity contribution in [3.05, 3.63) is 111 Å². The molecule has 0 fully saturated rings. The van der Waals surface area contributed by atoms with Crippen LogP contribution in [0.5, 0.6) is 5.75 Å². The molecule has 0 aliphatic heterocycles. The topological polar surface area (TPSA) is 62.4 Å². The number of benzene rings is 3. The van der Waals surface area contributed by atoms with E-state index in [-0.39, 0.29) is 18.0 Å². The minimum atomic E-state index is -0.177. The van der Waals surface area contributed by atoms with Gasteiger partial charge in [0, 0.05) is 23.2 Å². The van der Waals surface area contributed by atoms with E-state index in [1.165, 1.54) is 0 Å². The molecule has 0 aliphatic rings. The summed E-state index contributed by atoms with van der Waals surface area (Å²) in [5.41, 5.74) is 5.02. The van der Waals surface area contributed by atoms with Crippen LogP contribution in [0.3, 0.4) is 0 Å². The van der Waals surface area contributed by atoms with E-state index in [0.717, 1.165) is 33.3 Å². The number of nitrogens with zero attached hydrogens (tertiary/aromatic N) is 1. The molecule has 1 heterocycles. The van der Waals surface area contributed by atoms with Gasteiger partial charge >= 0.3 is 0 Å². The fraction of sp³-hybridized carbons (Fsp3) is 0.214. The van der Waals surface area contributed by atoms with Crippen molar-refractivity contribution in [2.45, 2.75) is 33.9 Å². The van der Waals surface area contributed by atoms with E-state index in [2.05, 4.69) is 18.0 Å². The highest BCUT2D eigenvalue weighted by Gasteiger charge is 2.19. The predicted molar refractivity (Wildman–Crippen MR) is 132 cm³/mol. The molecule has 4 aromatic rings. The summed E-state index contributed by atoms with van der Waals surface area (Å²) in [7, 11) is 0. The Bertz CT molecular complexity index is 1330. The van der Waals surface area contributed by atoms with Crippen molar-refractivity contribution >= 4 is 16.8 Å². The molecule has 0 spiro atoms. The number of fused-ring (bicyclic) bond motifs is 1. The van der Waals surface area contributed by atoms with Crippen LogP contribution in [0.15, 0.2) is 77.6 Å². The summed E-state index contributed by atoms with van der Waals surface area (Å²) in [4.78, 5) is 31.0. The molecule has 0 radical (unpaired) electrons. The van der Waals surface area contributed by atoms with E-state index in [0.29, 0.717) is 24.3 Å². The third-order valence-electron chi connectivity index (χ3n) is 5.81. The second kappa shape index (κ2) is 9.74. The van der Waals surface area contributed by atoms with Crippen LogP contribution in [-0.4, -0.2) is 22.4 Å². The maximum Gasteiger partial charge on any atom is 0.254 e. The zero-order chi connectivity index (χ0) is 23.4. The lowest BCUT2D eigenvalue weighted by Crippen LogP contribution is -2.32. The van der Waals surface area contributed by atoms with Crippen molar-refractivity contribution in [1.29, 1.82) is 0 Å². The van der Waals surface area contributed by atoms with E-state index in [4.69, 9.17) is 4.74 Å². The summed E-state index contributed by atoms with van der Waals surface area (Å²) in [5.74, 6) is 0.585. The van der Waals surface area contributed by atoms with Gasteiger partial charge in [0.05, 0.1) is 13.2 Å². The molecule has 4 rings (SSSR count). The summed E-state index contributed by atoms with van der Waals surface area (Å²) in [6.45, 7) is 7.17. The number of ether oxygens (including phenoxy) is 1. The van der Waals surface area contributed by atoms with Gasteiger partial charge in [0.15, 0.2) is 0 Å². The Kier molecular flexibility index (Phi) is 6.59. The summed E-state index contributed by atoms with van der Waals surface area (Å²) >= 11 is 0. The van der Waals surface area contributed by atoms with Crippen molar-refractivity contribution in [1.82, 2.24) is 9.88 Å². The van der Waals surface area contributed by atoms with Gasteiger partial charge in [-0.3, -0.25) is 9.59 Å². The maximum atomic E-state index is 13.5. The monoisotopic (exact) mass is 440 g/mol. The smallest absolute Gasteiger partial charge is 0.254 e. The highest BCUT2D eigenvalue weighted by molar-refractivity contribution is 5.94. The number of pyridine rings is 1. The lowest BCUT2D eigenvalue weighted by Gasteiger charge is -2.23. The van der Waals surface area contributed by atoms with Gasteiger partial charge in [-0.15, -0.1) is 0 Å². The molecule has 168 valence electrons. The number of carbonyl (C=O) groups is 1. The quantitative estimate of drug-likeness (QED) is 0.419. The molecule has 0 saturated carbocycles. The fourth-order valence-corrected chi connectivity index (χ4v) is 3.89. The lowest BCUT2D eigenvalue weighted by molar-refractivity contribution is 0.0729. The fourth-order valence-electron chi connectivity index (χ4n) is 3.89. The molecule has 1 aromatic heterocycles. The van der Waals surface area contributed by atoms with E-state index in [1.807, 2.05) is 56.3 Å². The van der Waals surface area contributed by atoms with Crippen LogP contribution < -0.4 is 10.3 Å². The van der Waals surface area contributed by atoms with Gasteiger partial charge < -0.3 is 14.6 Å². The standard InChI is InChI=1S/C28H28N2O3/c1-4-33-25-12-10-22(11-13-25)28(32)30(17-21-8-6-5-7-9-21)18-24-16-23-14-19(2)20(3)15-26(23)29-27(24)31/h5-16H,4,17-18H2,1-3H3,(H,29,31). The van der Waals surface area contributed by atoms with Crippen LogP contribution in [0, 0.1) is 13.8 Å². The van der Waals surface area contributed by atoms with Crippen LogP contribution in [0.1, 0.15) is 39.5 Å². The first-order valence-electron chi connectivity index (χ1n) is 11.1. The number of aromatic amines is 1. The van der Waals surface area contributed by atoms with E-state index in [9.17, 15) is 9.59 Å². The molecule has 1 amide bonds. The molecule has 5 nitrogen and oxygen atoms in total. The van der Waals surface area contributed by atoms with Crippen LogP contribution in [0.4, 0.5) is 0 Å². The molecule has 33 heavy (non-hydrogen) atoms. The average molecular weight is 441 g/mol. The van der Waals surface area contributed by atoms with Gasteiger partial charge in [-0.2, -0.15) is 0 Å². The highest BCUT2D eigenvalue weighted by atomic mass is 16.5. The molecule has 0 aliphatic carbocycles. The van der Waals surface area contributed by atoms with Crippen molar-refractivity contribution in [3.8, 4) is 5.75 Å². The Labute approximate surface area is 193 Å². The van der Waals surface area contributed by atoms with Gasteiger partial charge in [0.25, 0.3) is 11.5 Å². The van der Waals surface area contributed by atoms with Crippen LogP contribution in [-0.2, 0) is 13.1 Å². The van der Waals surface area contributed by atoms with Gasteiger partial charge in [-0.05, 0) is 85.3 Å². The lowest BCUT2D eigenvalue weighted by atomic mass is 10.0. The Morgan fingerprint density at radius 1 is 0.909 bits per heavy atom. The number of nitrogens with one attached hydrogen (secondary N) is 1. The SMILES string of the molecule is CCOc1ccc(C(=O)N(Cc2ccccc2)Cc2cc3cc(C)c(C)cc3[nH]c2=O)cc1. The minimum absolute atomic E-state index is 0.138. The largest absolute Gasteiger partial charge is 0.494 e. The second-order valence-electron chi connectivity index (χ2n) is 8.25. The average Bonchev–Trinajstić information content (AvgIpc) is 2.81. The van der Waals surface area contributed by atoms with E-state index < -0.39 is 0 Å². The van der Waals surface area contributed by atoms with Crippen molar-refractivity contribution in [3.63, 3.8) is 0 Å². The normalized spacial score (nSPS) is 10.9. The first-order chi connectivity index (χ1) is 15.9. The van der Waals surface area contributed by atoms with Crippen molar-refractivity contribution in [2.24, 2.45) is 0 Å². The Morgan fingerprint density at radius 3 is 2.30 bits per heavy atom. The first-order valence-corrected chi connectivity index (χ1v) is 11.1. The Morgan fingerprint density at radius 2 is 1.61 bits per heavy atom. The number of hydrogen-bond donors (Lipinski definition) is 1. The molecule has 0 unspecified atom stereocenters. The maximum absolute atomic E-state index is 13.5. The molecule has 3 aromatic carbocycles. The number of H-pyrrole nitrogens is 1. The minimum Gasteiger partial charge on any atom is -0.494 e. The Hall–Kier alpha value is -3.86. The number of aryl methyl sites for hydroxylation is 2. The number of aromatic nitrogens is 1. The zero-order valence-electron chi connectivity index (χ0n) is 19.2. The molecular weight excluding hydrogens is 412 g/mol. The molecule has 5 heteroatoms. The van der Waals surface area contributed by atoms with Crippen LogP contribution >= 0.6 is 0 Å². The van der Waals surface area contributed by atoms with Crippen molar-refractivity contribution in [2.75, 3.05) is 6.61 Å². The van der Waals surface area contributed by atoms with Crippen LogP contribution in [0.25, 0.3) is 10.9 Å². The number of carbonyl (C=O) groups excluding carboxylic acids is 1. The predicted octanol–water partition coefficient (Wildman–Crippen LogP) is 5.39. The first kappa shape index (κ1) is 22.3. The van der Waals surface area contributed by atoms with Gasteiger partial charge in [-0.1, -0.05) is 30.3 Å². The third-order valence-corrected chi connectivity index (χ3v) is 5.81. The summed E-state index contributed by atoms with van der Waals surface area (Å²) < 4.78 is 5.50. The van der Waals surface area contributed by atoms with E-state index in [1.54, 1.807) is 29.2 Å². The molecule has 1 N–H and O–H groups in total. The van der Waals surface area contributed by atoms with Gasteiger partial charge in [0.2, 0.25) is 0 Å². The second-order valence-corrected chi connectivity index (χ2v) is 8.25. The summed E-state index contributed by atoms with van der Waals surface area (Å²) in [6, 6.07) is 22.9. The molecule has 0 bridgehead atoms. The summed E-state index contributed by atoms with van der Waals surface area (Å²) in [6.07, 6.45) is 0. The Balaban J connectivity index is 1.69. The van der Waals surface area contributed by atoms with Crippen molar-refractivity contribution < 1.29 is 9.53 Å². The van der Waals surface area contributed by atoms with Crippen LogP contribution in [0.2, 0.25) is 0 Å². The molecule has 0 atom stereocenters.